The van der Waals surface area contributed by atoms with Crippen LogP contribution in [0.2, 0.25) is 0 Å². The molecule has 0 amide bonds. The molecule has 0 bridgehead atoms. The van der Waals surface area contributed by atoms with Crippen LogP contribution in [-0.2, 0) is 6.54 Å². The average Bonchev–Trinajstić information content (AvgIpc) is 2.62. The van der Waals surface area contributed by atoms with Crippen LogP contribution in [0.15, 0.2) is 48.5 Å². The van der Waals surface area contributed by atoms with E-state index in [2.05, 4.69) is 5.32 Å². The lowest BCUT2D eigenvalue weighted by Gasteiger charge is -2.33. The zero-order chi connectivity index (χ0) is 19.4. The van der Waals surface area contributed by atoms with Gasteiger partial charge in [-0.15, -0.1) is 0 Å². The van der Waals surface area contributed by atoms with E-state index >= 15 is 0 Å². The number of alkyl halides is 4. The lowest BCUT2D eigenvalue weighted by Crippen LogP contribution is -2.52. The number of hydrogen-bond acceptors (Lipinski definition) is 3. The van der Waals surface area contributed by atoms with Gasteiger partial charge in [0, 0.05) is 6.54 Å². The molecule has 3 nitrogen and oxygen atoms in total. The van der Waals surface area contributed by atoms with Crippen molar-refractivity contribution in [2.45, 2.75) is 24.4 Å². The number of nitrogens with one attached hydrogen (secondary N) is 1. The van der Waals surface area contributed by atoms with E-state index in [1.807, 2.05) is 0 Å². The molecule has 0 aliphatic carbocycles. The number of hydrogen-bond donors (Lipinski definition) is 2. The van der Waals surface area contributed by atoms with Crippen molar-refractivity contribution in [3.63, 3.8) is 0 Å². The summed E-state index contributed by atoms with van der Waals surface area (Å²) < 4.78 is 74.5. The Morgan fingerprint density at radius 1 is 1.08 bits per heavy atom. The number of methoxy groups -OCH3 is 1. The van der Waals surface area contributed by atoms with Crippen LogP contribution in [0.3, 0.4) is 0 Å². The van der Waals surface area contributed by atoms with Crippen molar-refractivity contribution in [1.29, 1.82) is 0 Å². The first-order valence-corrected chi connectivity index (χ1v) is 7.69. The standard InChI is InChI=1S/C18H18F5NO2/c1-26-15-7-5-12(6-8-15)10-24-16(13-3-2-4-14(19)9-13)18(22,23)17(20,21)11-25/h2-9,16,24-25H,10-11H2,1H3. The van der Waals surface area contributed by atoms with Crippen molar-refractivity contribution in [2.24, 2.45) is 0 Å². The fourth-order valence-corrected chi connectivity index (χ4v) is 2.42. The summed E-state index contributed by atoms with van der Waals surface area (Å²) in [6.45, 7) is -2.21. The molecule has 142 valence electrons. The largest absolute Gasteiger partial charge is 0.497 e. The van der Waals surface area contributed by atoms with E-state index in [1.54, 1.807) is 24.3 Å². The number of rotatable bonds is 8. The lowest BCUT2D eigenvalue weighted by atomic mass is 9.95. The summed E-state index contributed by atoms with van der Waals surface area (Å²) in [7, 11) is 1.46. The second kappa shape index (κ2) is 8.01. The Bertz CT molecular complexity index is 722. The summed E-state index contributed by atoms with van der Waals surface area (Å²) in [5.41, 5.74) is 0.187. The number of aliphatic hydroxyl groups excluding tert-OH is 1. The highest BCUT2D eigenvalue weighted by molar-refractivity contribution is 5.28. The molecular formula is C18H18F5NO2. The van der Waals surface area contributed by atoms with E-state index in [9.17, 15) is 22.0 Å². The van der Waals surface area contributed by atoms with E-state index in [1.165, 1.54) is 7.11 Å². The third-order valence-electron chi connectivity index (χ3n) is 3.90. The highest BCUT2D eigenvalue weighted by Crippen LogP contribution is 2.43. The van der Waals surface area contributed by atoms with Crippen LogP contribution in [0.4, 0.5) is 22.0 Å². The van der Waals surface area contributed by atoms with Crippen molar-refractivity contribution in [2.75, 3.05) is 13.7 Å². The van der Waals surface area contributed by atoms with Gasteiger partial charge in [-0.2, -0.15) is 17.6 Å². The van der Waals surface area contributed by atoms with Gasteiger partial charge in [-0.3, -0.25) is 0 Å². The molecule has 8 heteroatoms. The van der Waals surface area contributed by atoms with Gasteiger partial charge in [0.05, 0.1) is 7.11 Å². The van der Waals surface area contributed by atoms with Crippen LogP contribution in [0.5, 0.6) is 5.75 Å². The van der Waals surface area contributed by atoms with Gasteiger partial charge < -0.3 is 15.2 Å². The Kier molecular flexibility index (Phi) is 6.20. The van der Waals surface area contributed by atoms with E-state index < -0.39 is 30.3 Å². The highest BCUT2D eigenvalue weighted by atomic mass is 19.3. The molecule has 1 atom stereocenters. The van der Waals surface area contributed by atoms with Gasteiger partial charge in [0.25, 0.3) is 0 Å². The SMILES string of the molecule is COc1ccc(CNC(c2cccc(F)c2)C(F)(F)C(F)(F)CO)cc1. The number of benzene rings is 2. The molecule has 0 heterocycles. The van der Waals surface area contributed by atoms with Crippen molar-refractivity contribution < 1.29 is 31.8 Å². The minimum atomic E-state index is -4.68. The molecule has 0 fully saturated rings. The lowest BCUT2D eigenvalue weighted by molar-refractivity contribution is -0.240. The van der Waals surface area contributed by atoms with Gasteiger partial charge in [0.15, 0.2) is 0 Å². The first-order chi connectivity index (χ1) is 12.2. The van der Waals surface area contributed by atoms with Crippen LogP contribution < -0.4 is 10.1 Å². The second-order valence-electron chi connectivity index (χ2n) is 5.70. The van der Waals surface area contributed by atoms with Crippen molar-refractivity contribution in [1.82, 2.24) is 5.32 Å². The number of aliphatic hydroxyl groups is 1. The maximum absolute atomic E-state index is 14.4. The number of ether oxygens (including phenoxy) is 1. The van der Waals surface area contributed by atoms with Crippen LogP contribution in [0.1, 0.15) is 17.2 Å². The maximum atomic E-state index is 14.4. The van der Waals surface area contributed by atoms with E-state index in [0.717, 1.165) is 24.3 Å². The van der Waals surface area contributed by atoms with Gasteiger partial charge in [-0.25, -0.2) is 4.39 Å². The molecule has 0 radical (unpaired) electrons. The van der Waals surface area contributed by atoms with Gasteiger partial charge in [-0.1, -0.05) is 24.3 Å². The average molecular weight is 375 g/mol. The monoisotopic (exact) mass is 375 g/mol. The molecule has 2 aromatic carbocycles. The Morgan fingerprint density at radius 3 is 2.27 bits per heavy atom. The molecule has 2 rings (SSSR count). The zero-order valence-electron chi connectivity index (χ0n) is 13.9. The molecule has 1 unspecified atom stereocenters. The molecule has 0 aromatic heterocycles. The maximum Gasteiger partial charge on any atom is 0.334 e. The topological polar surface area (TPSA) is 41.5 Å². The molecule has 0 aliphatic heterocycles. The normalized spacial score (nSPS) is 13.5. The Balaban J connectivity index is 2.31. The molecule has 0 saturated heterocycles. The molecular weight excluding hydrogens is 357 g/mol. The van der Waals surface area contributed by atoms with Crippen molar-refractivity contribution in [3.8, 4) is 5.75 Å². The summed E-state index contributed by atoms with van der Waals surface area (Å²) in [4.78, 5) is 0. The van der Waals surface area contributed by atoms with E-state index in [0.29, 0.717) is 11.3 Å². The molecule has 2 N–H and O–H groups in total. The summed E-state index contributed by atoms with van der Waals surface area (Å²) >= 11 is 0. The highest BCUT2D eigenvalue weighted by Gasteiger charge is 2.61. The predicted molar refractivity (Wildman–Crippen MR) is 86.0 cm³/mol. The van der Waals surface area contributed by atoms with Gasteiger partial charge >= 0.3 is 11.8 Å². The second-order valence-corrected chi connectivity index (χ2v) is 5.70. The van der Waals surface area contributed by atoms with E-state index in [4.69, 9.17) is 9.84 Å². The molecule has 0 spiro atoms. The molecule has 2 aromatic rings. The van der Waals surface area contributed by atoms with Crippen LogP contribution in [0.25, 0.3) is 0 Å². The smallest absolute Gasteiger partial charge is 0.334 e. The third kappa shape index (κ3) is 4.31. The van der Waals surface area contributed by atoms with Crippen LogP contribution in [-0.4, -0.2) is 30.7 Å². The van der Waals surface area contributed by atoms with Gasteiger partial charge in [-0.05, 0) is 35.4 Å². The number of halogens is 5. The quantitative estimate of drug-likeness (QED) is 0.687. The minimum Gasteiger partial charge on any atom is -0.497 e. The first-order valence-electron chi connectivity index (χ1n) is 7.69. The fraction of sp³-hybridized carbons (Fsp3) is 0.333. The molecule has 0 saturated carbocycles. The van der Waals surface area contributed by atoms with Gasteiger partial charge in [0.1, 0.15) is 24.2 Å². The molecule has 26 heavy (non-hydrogen) atoms. The van der Waals surface area contributed by atoms with Crippen molar-refractivity contribution >= 4 is 0 Å². The summed E-state index contributed by atoms with van der Waals surface area (Å²) in [5.74, 6) is -9.62. The van der Waals surface area contributed by atoms with E-state index in [-0.39, 0.29) is 12.1 Å². The van der Waals surface area contributed by atoms with Gasteiger partial charge in [0.2, 0.25) is 0 Å². The fourth-order valence-electron chi connectivity index (χ4n) is 2.42. The first kappa shape index (κ1) is 20.1. The summed E-state index contributed by atoms with van der Waals surface area (Å²) in [6.07, 6.45) is 0. The summed E-state index contributed by atoms with van der Waals surface area (Å²) in [5, 5.41) is 11.0. The Hall–Kier alpha value is -2.19. The predicted octanol–water partition coefficient (Wildman–Crippen LogP) is 3.93. The minimum absolute atomic E-state index is 0.178. The Labute approximate surface area is 147 Å². The van der Waals surface area contributed by atoms with Crippen LogP contribution >= 0.6 is 0 Å². The Morgan fingerprint density at radius 2 is 1.73 bits per heavy atom. The van der Waals surface area contributed by atoms with Crippen LogP contribution in [0, 0.1) is 5.82 Å². The van der Waals surface area contributed by atoms with Crippen molar-refractivity contribution in [3.05, 3.63) is 65.5 Å². The third-order valence-corrected chi connectivity index (χ3v) is 3.90. The summed E-state index contributed by atoms with van der Waals surface area (Å²) in [6, 6.07) is 8.19. The molecule has 0 aliphatic rings. The zero-order valence-corrected chi connectivity index (χ0v) is 13.9.